The Morgan fingerprint density at radius 1 is 0.345 bits per heavy atom. The quantitative estimate of drug-likeness (QED) is 0.0117. The van der Waals surface area contributed by atoms with Gasteiger partial charge in [-0.25, -0.2) is 49.5 Å². The van der Waals surface area contributed by atoms with Gasteiger partial charge in [0, 0.05) is 49.9 Å². The van der Waals surface area contributed by atoms with Crippen molar-refractivity contribution in [3.05, 3.63) is 24.3 Å². The van der Waals surface area contributed by atoms with Gasteiger partial charge < -0.3 is 68.9 Å². The number of hydrogen-bond donors (Lipinski definition) is 13. The first-order valence-corrected chi connectivity index (χ1v) is 36.7. The topological polar surface area (TPSA) is 529 Å². The number of Topliss-reactive ketones (excluding diaryl/α,β-unsaturated/α-hetero) is 4. The van der Waals surface area contributed by atoms with Crippen LogP contribution in [0.3, 0.4) is 0 Å². The number of halogens is 8. The summed E-state index contributed by atoms with van der Waals surface area (Å²) in [4.78, 5) is 172. The van der Waals surface area contributed by atoms with E-state index in [0.29, 0.717) is 18.8 Å². The summed E-state index contributed by atoms with van der Waals surface area (Å²) in [5.41, 5.74) is 9.80. The molecule has 0 saturated heterocycles. The molecule has 0 heterocycles. The zero-order chi connectivity index (χ0) is 89.9. The van der Waals surface area contributed by atoms with E-state index in [1.165, 1.54) is 19.1 Å². The van der Waals surface area contributed by atoms with Crippen LogP contribution >= 0.6 is 0 Å². The van der Waals surface area contributed by atoms with Gasteiger partial charge in [-0.05, 0) is 80.0 Å². The van der Waals surface area contributed by atoms with Gasteiger partial charge in [-0.1, -0.05) is 151 Å². The lowest BCUT2D eigenvalue weighted by Gasteiger charge is -2.25. The van der Waals surface area contributed by atoms with Crippen molar-refractivity contribution in [1.82, 2.24) is 31.9 Å². The van der Waals surface area contributed by atoms with E-state index in [-0.39, 0.29) is 96.3 Å². The molecule has 113 heavy (non-hydrogen) atoms. The Bertz CT molecular complexity index is 3150. The van der Waals surface area contributed by atoms with E-state index < -0.39 is 188 Å². The number of carboxylic acids is 5. The third kappa shape index (κ3) is 56.5. The fourth-order valence-corrected chi connectivity index (χ4v) is 9.33. The molecule has 0 aliphatic heterocycles. The summed E-state index contributed by atoms with van der Waals surface area (Å²) in [6.45, 7) is 39.6. The van der Waals surface area contributed by atoms with Crippen LogP contribution in [0.5, 0.6) is 0 Å². The first-order valence-electron chi connectivity index (χ1n) is 36.7. The fourth-order valence-electron chi connectivity index (χ4n) is 9.33. The molecule has 648 valence electrons. The number of nitrogens with zero attached hydrogens (tertiary/aromatic N) is 2. The molecule has 0 saturated carbocycles. The van der Waals surface area contributed by atoms with Crippen LogP contribution in [0.4, 0.5) is 35.1 Å². The number of aliphatic carboxylic acids is 5. The van der Waals surface area contributed by atoms with Crippen LogP contribution < -0.4 is 43.4 Å². The molecule has 0 aromatic rings. The molecule has 0 radical (unpaired) electrons. The first kappa shape index (κ1) is 115. The van der Waals surface area contributed by atoms with E-state index >= 15 is 0 Å². The maximum Gasteiger partial charge on any atom is 0.374 e. The third-order valence-corrected chi connectivity index (χ3v) is 16.6. The number of alkyl halides is 8. The van der Waals surface area contributed by atoms with E-state index in [2.05, 4.69) is 39.7 Å². The van der Waals surface area contributed by atoms with Gasteiger partial charge in [0.1, 0.15) is 42.3 Å². The Kier molecular flexibility index (Phi) is 62.1. The minimum Gasteiger partial charge on any atom is -0.481 e. The van der Waals surface area contributed by atoms with Gasteiger partial charge in [0.25, 0.3) is 11.6 Å². The SMILES string of the molecule is C=C(C#N)C(=O)C(CC(F)F)NC(=O)[C@@H](N)CC(C)C.C=C(C#N)C(=O)C(N)CC(F)F.CC(C)C[C@H](C)C(=O)O.CC(C)C[C@H](NC(=O)[C@@H](C)CCC(=O)O)C(=O)NC(CC(F)F)C(=O)C(=O)O.CCC(C)[C@H](C)C(=O)N[C@@H](CC(C)C)C(=O)NC(CC(F)F)C(=O)C(=O)O.CCC(C)[C@H](C)C(=O)N[C@@H](CC(C)C)C(=O)O. The van der Waals surface area contributed by atoms with Gasteiger partial charge in [0.2, 0.25) is 61.1 Å². The summed E-state index contributed by atoms with van der Waals surface area (Å²) in [7, 11) is 0. The fraction of sp³-hybridized carbons (Fsp3) is 0.720. The Balaban J connectivity index is -0.000000315. The van der Waals surface area contributed by atoms with E-state index in [1.807, 2.05) is 95.3 Å². The number of hydrogen-bond acceptors (Lipinski definition) is 19. The van der Waals surface area contributed by atoms with Crippen LogP contribution in [0.25, 0.3) is 0 Å². The summed E-state index contributed by atoms with van der Waals surface area (Å²) >= 11 is 0. The van der Waals surface area contributed by atoms with Gasteiger partial charge in [0.05, 0.1) is 35.2 Å². The lowest BCUT2D eigenvalue weighted by Crippen LogP contribution is -2.54. The molecule has 0 spiro atoms. The van der Waals surface area contributed by atoms with Crippen LogP contribution in [0.2, 0.25) is 0 Å². The van der Waals surface area contributed by atoms with Crippen molar-refractivity contribution in [3.63, 3.8) is 0 Å². The summed E-state index contributed by atoms with van der Waals surface area (Å²) < 4.78 is 98.7. The lowest BCUT2D eigenvalue weighted by molar-refractivity contribution is -0.151. The largest absolute Gasteiger partial charge is 0.481 e. The van der Waals surface area contributed by atoms with Gasteiger partial charge in [0.15, 0.2) is 11.6 Å². The second-order valence-corrected chi connectivity index (χ2v) is 29.2. The second-order valence-electron chi connectivity index (χ2n) is 29.2. The average molecular weight is 1640 g/mol. The molecular weight excluding hydrogens is 1510 g/mol. The Morgan fingerprint density at radius 2 is 0.637 bits per heavy atom. The van der Waals surface area contributed by atoms with Crippen molar-refractivity contribution in [2.24, 2.45) is 76.6 Å². The summed E-state index contributed by atoms with van der Waals surface area (Å²) in [5, 5.41) is 74.2. The van der Waals surface area contributed by atoms with Gasteiger partial charge in [-0.15, -0.1) is 0 Å². The van der Waals surface area contributed by atoms with Crippen molar-refractivity contribution in [1.29, 1.82) is 10.5 Å². The Morgan fingerprint density at radius 3 is 0.912 bits per heavy atom. The zero-order valence-electron chi connectivity index (χ0n) is 67.8. The molecule has 6 unspecified atom stereocenters. The Labute approximate surface area is 656 Å². The predicted molar refractivity (Wildman–Crippen MR) is 400 cm³/mol. The van der Waals surface area contributed by atoms with Crippen LogP contribution in [0.1, 0.15) is 208 Å². The molecule has 0 aromatic heterocycles. The van der Waals surface area contributed by atoms with Gasteiger partial charge in [-0.3, -0.25) is 57.5 Å². The van der Waals surface area contributed by atoms with E-state index in [1.54, 1.807) is 27.7 Å². The zero-order valence-corrected chi connectivity index (χ0v) is 67.8. The minimum absolute atomic E-state index is 0.0105. The molecule has 38 heteroatoms. The molecule has 15 N–H and O–H groups in total. The van der Waals surface area contributed by atoms with Crippen LogP contribution in [0.15, 0.2) is 24.3 Å². The predicted octanol–water partition coefficient (Wildman–Crippen LogP) is 8.61. The third-order valence-electron chi connectivity index (χ3n) is 16.6. The number of amides is 6. The highest BCUT2D eigenvalue weighted by molar-refractivity contribution is 6.35. The highest BCUT2D eigenvalue weighted by atomic mass is 19.3. The number of carbonyl (C=O) groups excluding carboxylic acids is 10. The number of rotatable bonds is 47. The molecule has 0 fully saturated rings. The number of ketones is 4. The monoisotopic (exact) mass is 1630 g/mol. The second kappa shape index (κ2) is 61.2. The standard InChI is InChI=1S/C18H30F2N2O5.C17H26F2N2O7.C13H19F2N3O2.C13H25NO3.C7H8F2N2O.C7H14O2/c1-6-10(4)11(5)16(24)22-13(7-9(2)3)17(25)21-12(8-14(19)20)15(23)18(26)27;1-8(2)6-11(21-15(25)9(3)4-5-13(22)23)16(26)20-10(7-12(18)19)14(24)17(27)28;1-7(2)4-9(17)13(20)18-10(5-11(14)15)12(19)8(3)6-16;1-6-9(4)10(5)12(15)14-11(13(16)17)7-8(2)3;1-4(3-10)7(12)5(11)2-6(8)9;1-5(2)4-6(3)7(8)9/h9-14H,6-8H2,1-5H3,(H,21,25)(H,22,24)(H,26,27);8-12H,4-7H2,1-3H3,(H,20,26)(H,21,25)(H,22,23)(H,27,28);7,9-11H,3-5,17H2,1-2H3,(H,18,20);8-11H,6-7H2,1-5H3,(H,14,15)(H,16,17);5-6H,1-2,11H2;5-6H,4H2,1-3H3,(H,8,9)/t10?,11-,12?,13-;9-,10?,11-;9-,10?;9?,10-,11-;;6-/m0000.0/s1. The summed E-state index contributed by atoms with van der Waals surface area (Å²) in [6, 6.07) is -7.56. The van der Waals surface area contributed by atoms with Crippen molar-refractivity contribution in [2.75, 3.05) is 0 Å². The molecule has 30 nitrogen and oxygen atoms in total. The maximum atomic E-state index is 12.6. The van der Waals surface area contributed by atoms with Crippen LogP contribution in [-0.4, -0.2) is 188 Å². The molecule has 14 atom stereocenters. The molecule has 6 amide bonds. The van der Waals surface area contributed by atoms with Gasteiger partial charge >= 0.3 is 29.8 Å². The van der Waals surface area contributed by atoms with E-state index in [4.69, 9.17) is 47.5 Å². The summed E-state index contributed by atoms with van der Waals surface area (Å²) in [6.07, 6.45) is -11.9. The Hall–Kier alpha value is -9.33. The van der Waals surface area contributed by atoms with Crippen LogP contribution in [-0.2, 0) is 71.9 Å². The van der Waals surface area contributed by atoms with Crippen molar-refractivity contribution in [2.45, 2.75) is 282 Å². The molecular formula is C75H122F8N10O20. The minimum atomic E-state index is -3.03. The summed E-state index contributed by atoms with van der Waals surface area (Å²) in [5.74, 6) is -15.4. The number of nitrogens with two attached hydrogens (primary N) is 2. The van der Waals surface area contributed by atoms with E-state index in [0.717, 1.165) is 19.3 Å². The van der Waals surface area contributed by atoms with Crippen molar-refractivity contribution in [3.8, 4) is 12.1 Å². The van der Waals surface area contributed by atoms with Crippen molar-refractivity contribution >= 4 is 88.4 Å². The number of nitrogens with one attached hydrogen (secondary N) is 6. The number of carbonyl (C=O) groups is 15. The molecule has 0 aromatic carbocycles. The van der Waals surface area contributed by atoms with Crippen LogP contribution in [0, 0.1) is 87.8 Å². The number of carboxylic acid groups (broad SMARTS) is 5. The average Bonchev–Trinajstić information content (AvgIpc) is 0.915. The van der Waals surface area contributed by atoms with Crippen molar-refractivity contribution < 1.29 is 133 Å². The van der Waals surface area contributed by atoms with Gasteiger partial charge in [-0.2, -0.15) is 10.5 Å². The maximum absolute atomic E-state index is 12.6. The smallest absolute Gasteiger partial charge is 0.374 e. The van der Waals surface area contributed by atoms with E-state index in [9.17, 15) is 107 Å². The molecule has 0 aliphatic rings. The molecule has 0 rings (SSSR count). The highest BCUT2D eigenvalue weighted by Gasteiger charge is 2.36. The number of nitriles is 2. The molecule has 0 bridgehead atoms. The normalized spacial score (nSPS) is 14.6. The lowest BCUT2D eigenvalue weighted by atomic mass is 9.92. The highest BCUT2D eigenvalue weighted by Crippen LogP contribution is 2.20. The first-order chi connectivity index (χ1) is 51.7. The molecule has 0 aliphatic carbocycles.